The smallest absolute Gasteiger partial charge is 0.337 e. The lowest BCUT2D eigenvalue weighted by Crippen LogP contribution is -2.35. The maximum atomic E-state index is 11.0. The van der Waals surface area contributed by atoms with Gasteiger partial charge in [0.15, 0.2) is 0 Å². The molecular formula is C12H17N3O3. The number of aromatic carboxylic acids is 1. The van der Waals surface area contributed by atoms with E-state index in [0.717, 1.165) is 25.9 Å². The van der Waals surface area contributed by atoms with E-state index in [1.54, 1.807) is 0 Å². The Morgan fingerprint density at radius 1 is 1.50 bits per heavy atom. The number of hydrogen-bond acceptors (Lipinski definition) is 5. The lowest BCUT2D eigenvalue weighted by molar-refractivity contribution is 0.0698. The predicted molar refractivity (Wildman–Crippen MR) is 67.6 cm³/mol. The normalized spacial score (nSPS) is 16.8. The van der Waals surface area contributed by atoms with Crippen LogP contribution in [-0.2, 0) is 0 Å². The molecule has 18 heavy (non-hydrogen) atoms. The Labute approximate surface area is 105 Å². The lowest BCUT2D eigenvalue weighted by atomic mass is 9.98. The highest BCUT2D eigenvalue weighted by Crippen LogP contribution is 2.23. The fraction of sp³-hybridized carbons (Fsp3) is 0.500. The molecule has 0 radical (unpaired) electrons. The number of aliphatic hydroxyl groups excluding tert-OH is 1. The van der Waals surface area contributed by atoms with E-state index in [2.05, 4.69) is 4.98 Å². The molecule has 0 saturated carbocycles. The molecule has 0 amide bonds. The molecule has 1 aliphatic rings. The third-order valence-corrected chi connectivity index (χ3v) is 3.35. The molecule has 6 heteroatoms. The van der Waals surface area contributed by atoms with Crippen LogP contribution in [0, 0.1) is 5.92 Å². The van der Waals surface area contributed by atoms with Gasteiger partial charge in [0, 0.05) is 19.7 Å². The molecule has 0 unspecified atom stereocenters. The van der Waals surface area contributed by atoms with Crippen LogP contribution in [0.3, 0.4) is 0 Å². The van der Waals surface area contributed by atoms with Crippen LogP contribution >= 0.6 is 0 Å². The minimum absolute atomic E-state index is 0.0873. The highest BCUT2D eigenvalue weighted by atomic mass is 16.4. The molecule has 4 N–H and O–H groups in total. The largest absolute Gasteiger partial charge is 0.478 e. The Morgan fingerprint density at radius 3 is 2.72 bits per heavy atom. The Bertz CT molecular complexity index is 442. The quantitative estimate of drug-likeness (QED) is 0.726. The van der Waals surface area contributed by atoms with E-state index in [4.69, 9.17) is 15.9 Å². The van der Waals surface area contributed by atoms with E-state index < -0.39 is 5.97 Å². The lowest BCUT2D eigenvalue weighted by Gasteiger charge is -2.32. The fourth-order valence-electron chi connectivity index (χ4n) is 2.16. The third-order valence-electron chi connectivity index (χ3n) is 3.35. The molecular weight excluding hydrogens is 234 g/mol. The molecule has 0 spiro atoms. The first kappa shape index (κ1) is 12.6. The number of anilines is 2. The van der Waals surface area contributed by atoms with Gasteiger partial charge in [0.1, 0.15) is 5.82 Å². The molecule has 0 aliphatic carbocycles. The van der Waals surface area contributed by atoms with Crippen molar-refractivity contribution in [1.29, 1.82) is 0 Å². The van der Waals surface area contributed by atoms with Gasteiger partial charge in [-0.3, -0.25) is 0 Å². The highest BCUT2D eigenvalue weighted by Gasteiger charge is 2.20. The summed E-state index contributed by atoms with van der Waals surface area (Å²) in [5.41, 5.74) is 5.83. The second-order valence-electron chi connectivity index (χ2n) is 4.55. The summed E-state index contributed by atoms with van der Waals surface area (Å²) >= 11 is 0. The summed E-state index contributed by atoms with van der Waals surface area (Å²) in [5.74, 6) is -0.0617. The van der Waals surface area contributed by atoms with Crippen LogP contribution in [-0.4, -0.2) is 40.9 Å². The number of aromatic nitrogens is 1. The second-order valence-corrected chi connectivity index (χ2v) is 4.55. The number of carboxylic acid groups (broad SMARTS) is 1. The topological polar surface area (TPSA) is 99.7 Å². The van der Waals surface area contributed by atoms with Gasteiger partial charge in [-0.25, -0.2) is 9.78 Å². The number of carboxylic acids is 1. The summed E-state index contributed by atoms with van der Waals surface area (Å²) in [6.07, 6.45) is 3.17. The van der Waals surface area contributed by atoms with Crippen molar-refractivity contribution >= 4 is 17.5 Å². The third kappa shape index (κ3) is 2.53. The fourth-order valence-corrected chi connectivity index (χ4v) is 2.16. The van der Waals surface area contributed by atoms with Crippen molar-refractivity contribution in [3.63, 3.8) is 0 Å². The van der Waals surface area contributed by atoms with Crippen LogP contribution < -0.4 is 10.6 Å². The van der Waals surface area contributed by atoms with Crippen LogP contribution in [0.4, 0.5) is 11.5 Å². The number of aliphatic hydroxyl groups is 1. The van der Waals surface area contributed by atoms with Gasteiger partial charge in [-0.05, 0) is 24.8 Å². The van der Waals surface area contributed by atoms with E-state index >= 15 is 0 Å². The number of piperidine rings is 1. The first-order valence-corrected chi connectivity index (χ1v) is 5.96. The van der Waals surface area contributed by atoms with Crippen molar-refractivity contribution in [2.75, 3.05) is 30.3 Å². The van der Waals surface area contributed by atoms with Gasteiger partial charge in [-0.1, -0.05) is 0 Å². The molecule has 0 bridgehead atoms. The van der Waals surface area contributed by atoms with Crippen molar-refractivity contribution in [3.8, 4) is 0 Å². The summed E-state index contributed by atoms with van der Waals surface area (Å²) in [4.78, 5) is 17.2. The van der Waals surface area contributed by atoms with Crippen molar-refractivity contribution in [2.24, 2.45) is 5.92 Å². The first-order valence-electron chi connectivity index (χ1n) is 5.96. The van der Waals surface area contributed by atoms with Crippen molar-refractivity contribution in [1.82, 2.24) is 4.98 Å². The Balaban J connectivity index is 2.15. The summed E-state index contributed by atoms with van der Waals surface area (Å²) < 4.78 is 0. The van der Waals surface area contributed by atoms with Gasteiger partial charge in [0.2, 0.25) is 0 Å². The number of nitrogens with zero attached hydrogens (tertiary/aromatic N) is 2. The van der Waals surface area contributed by atoms with Crippen molar-refractivity contribution in [3.05, 3.63) is 17.8 Å². The van der Waals surface area contributed by atoms with E-state index in [-0.39, 0.29) is 17.9 Å². The van der Waals surface area contributed by atoms with Gasteiger partial charge in [0.05, 0.1) is 17.4 Å². The van der Waals surface area contributed by atoms with E-state index in [1.807, 2.05) is 4.90 Å². The molecule has 1 aromatic rings. The van der Waals surface area contributed by atoms with Crippen LogP contribution in [0.2, 0.25) is 0 Å². The molecule has 6 nitrogen and oxygen atoms in total. The Morgan fingerprint density at radius 2 is 2.17 bits per heavy atom. The van der Waals surface area contributed by atoms with Gasteiger partial charge in [0.25, 0.3) is 0 Å². The van der Waals surface area contributed by atoms with Gasteiger partial charge < -0.3 is 20.8 Å². The molecule has 98 valence electrons. The monoisotopic (exact) mass is 251 g/mol. The van der Waals surface area contributed by atoms with Crippen LogP contribution in [0.1, 0.15) is 23.2 Å². The zero-order valence-electron chi connectivity index (χ0n) is 10.0. The maximum Gasteiger partial charge on any atom is 0.337 e. The molecule has 1 aliphatic heterocycles. The summed E-state index contributed by atoms with van der Waals surface area (Å²) in [6.45, 7) is 1.77. The van der Waals surface area contributed by atoms with E-state index in [0.29, 0.717) is 11.7 Å². The highest BCUT2D eigenvalue weighted by molar-refractivity contribution is 5.94. The molecule has 1 saturated heterocycles. The zero-order valence-corrected chi connectivity index (χ0v) is 10.0. The molecule has 2 rings (SSSR count). The maximum absolute atomic E-state index is 11.0. The number of nitrogens with two attached hydrogens (primary N) is 1. The minimum Gasteiger partial charge on any atom is -0.478 e. The molecule has 1 fully saturated rings. The Hall–Kier alpha value is -1.82. The summed E-state index contributed by atoms with van der Waals surface area (Å²) in [6, 6.07) is 1.51. The Kier molecular flexibility index (Phi) is 3.66. The van der Waals surface area contributed by atoms with Gasteiger partial charge >= 0.3 is 5.97 Å². The average molecular weight is 251 g/mol. The second kappa shape index (κ2) is 5.22. The minimum atomic E-state index is -1.04. The molecule has 0 atom stereocenters. The number of carbonyl (C=O) groups is 1. The predicted octanol–water partition coefficient (Wildman–Crippen LogP) is 0.571. The zero-order chi connectivity index (χ0) is 13.1. The van der Waals surface area contributed by atoms with E-state index in [1.165, 1.54) is 12.3 Å². The summed E-state index contributed by atoms with van der Waals surface area (Å²) in [7, 11) is 0. The molecule has 1 aromatic heterocycles. The van der Waals surface area contributed by atoms with E-state index in [9.17, 15) is 4.79 Å². The number of nitrogen functional groups attached to an aromatic ring is 1. The van der Waals surface area contributed by atoms with Gasteiger partial charge in [-0.15, -0.1) is 0 Å². The van der Waals surface area contributed by atoms with Crippen molar-refractivity contribution < 1.29 is 15.0 Å². The first-order chi connectivity index (χ1) is 8.61. The SMILES string of the molecule is Nc1cnc(N2CCC(CO)CC2)cc1C(=O)O. The van der Waals surface area contributed by atoms with Gasteiger partial charge in [-0.2, -0.15) is 0 Å². The number of pyridine rings is 1. The number of rotatable bonds is 3. The molecule has 2 heterocycles. The summed E-state index contributed by atoms with van der Waals surface area (Å²) in [5, 5.41) is 18.1. The average Bonchev–Trinajstić information content (AvgIpc) is 2.39. The van der Waals surface area contributed by atoms with Crippen molar-refractivity contribution in [2.45, 2.75) is 12.8 Å². The number of hydrogen-bond donors (Lipinski definition) is 3. The standard InChI is InChI=1S/C12H17N3O3/c13-10-6-14-11(5-9(10)12(17)18)15-3-1-8(7-16)2-4-15/h5-6,8,16H,1-4,7,13H2,(H,17,18). The van der Waals surface area contributed by atoms with Crippen LogP contribution in [0.5, 0.6) is 0 Å². The van der Waals surface area contributed by atoms with Crippen LogP contribution in [0.15, 0.2) is 12.3 Å². The van der Waals surface area contributed by atoms with Crippen LogP contribution in [0.25, 0.3) is 0 Å². The molecule has 0 aromatic carbocycles.